The number of ether oxygens (including phenoxy) is 2. The largest absolute Gasteiger partial charge is 0.457 e. The quantitative estimate of drug-likeness (QED) is 0.484. The van der Waals surface area contributed by atoms with Gasteiger partial charge >= 0.3 is 5.97 Å². The fourth-order valence-electron chi connectivity index (χ4n) is 2.04. The van der Waals surface area contributed by atoms with Gasteiger partial charge in [0.1, 0.15) is 6.10 Å². The number of hydrogen-bond acceptors (Lipinski definition) is 4. The van der Waals surface area contributed by atoms with Crippen molar-refractivity contribution in [2.24, 2.45) is 0 Å². The molecular weight excluding hydrogens is 296 g/mol. The lowest BCUT2D eigenvalue weighted by atomic mass is 10.1. The smallest absolute Gasteiger partial charge is 0.331 e. The van der Waals surface area contributed by atoms with Crippen molar-refractivity contribution in [3.05, 3.63) is 46.2 Å². The molecule has 1 aliphatic heterocycles. The van der Waals surface area contributed by atoms with E-state index in [1.54, 1.807) is 11.3 Å². The molecule has 2 unspecified atom stereocenters. The molecule has 0 radical (unpaired) electrons. The number of carbonyl (C=O) groups is 1. The second kappa shape index (κ2) is 8.57. The van der Waals surface area contributed by atoms with Gasteiger partial charge in [-0.3, -0.25) is 0 Å². The molecule has 2 heterocycles. The maximum atomic E-state index is 11.5. The number of hydrogen-bond donors (Lipinski definition) is 0. The van der Waals surface area contributed by atoms with E-state index in [-0.39, 0.29) is 18.2 Å². The number of carbonyl (C=O) groups excluding carboxylic acids is 1. The molecule has 1 aliphatic rings. The summed E-state index contributed by atoms with van der Waals surface area (Å²) in [5.74, 6) is 5.79. The fourth-order valence-corrected chi connectivity index (χ4v) is 2.62. The molecule has 1 aromatic heterocycles. The van der Waals surface area contributed by atoms with Gasteiger partial charge in [0.2, 0.25) is 0 Å². The Bertz CT molecular complexity index is 590. The lowest BCUT2D eigenvalue weighted by molar-refractivity contribution is -0.151. The molecule has 2 rings (SSSR count). The van der Waals surface area contributed by atoms with E-state index in [9.17, 15) is 4.79 Å². The Hall–Kier alpha value is -1.83. The molecule has 0 amide bonds. The third kappa shape index (κ3) is 5.88. The molecule has 0 bridgehead atoms. The second-order valence-corrected chi connectivity index (χ2v) is 6.28. The van der Waals surface area contributed by atoms with Crippen LogP contribution in [0.15, 0.2) is 41.3 Å². The molecule has 1 aromatic rings. The highest BCUT2D eigenvalue weighted by Crippen LogP contribution is 2.17. The zero-order valence-corrected chi connectivity index (χ0v) is 13.7. The van der Waals surface area contributed by atoms with Crippen molar-refractivity contribution in [1.82, 2.24) is 0 Å². The van der Waals surface area contributed by atoms with Gasteiger partial charge in [0.15, 0.2) is 0 Å². The van der Waals surface area contributed by atoms with E-state index in [2.05, 4.69) is 11.8 Å². The average molecular weight is 316 g/mol. The van der Waals surface area contributed by atoms with Crippen LogP contribution >= 0.6 is 11.3 Å². The van der Waals surface area contributed by atoms with Crippen LogP contribution in [-0.4, -0.2) is 24.8 Å². The van der Waals surface area contributed by atoms with Gasteiger partial charge in [-0.1, -0.05) is 23.5 Å². The van der Waals surface area contributed by atoms with E-state index in [1.165, 1.54) is 6.08 Å². The summed E-state index contributed by atoms with van der Waals surface area (Å²) in [6.07, 6.45) is 6.86. The normalized spacial score (nSPS) is 21.0. The third-order valence-electron chi connectivity index (χ3n) is 3.07. The first-order chi connectivity index (χ1) is 10.6. The van der Waals surface area contributed by atoms with Crippen molar-refractivity contribution in [3.63, 3.8) is 0 Å². The number of thiophene rings is 1. The van der Waals surface area contributed by atoms with E-state index >= 15 is 0 Å². The standard InChI is InChI=1S/C18H20O3S/c1-14(2)12-18(19)21-16-10-9-15(20-13-16)6-3-4-7-17-8-5-11-22-17/h3,5-6,8,11-12,15-16H,9-10,13H2,1-2H3. The Morgan fingerprint density at radius 3 is 2.95 bits per heavy atom. The van der Waals surface area contributed by atoms with Crippen molar-refractivity contribution in [3.8, 4) is 11.8 Å². The highest BCUT2D eigenvalue weighted by molar-refractivity contribution is 7.10. The Balaban J connectivity index is 1.73. The van der Waals surface area contributed by atoms with Gasteiger partial charge in [0.25, 0.3) is 0 Å². The van der Waals surface area contributed by atoms with E-state index < -0.39 is 0 Å². The van der Waals surface area contributed by atoms with Crippen LogP contribution in [0.25, 0.3) is 0 Å². The summed E-state index contributed by atoms with van der Waals surface area (Å²) in [5.41, 5.74) is 0.937. The molecule has 0 aromatic carbocycles. The third-order valence-corrected chi connectivity index (χ3v) is 3.85. The molecule has 22 heavy (non-hydrogen) atoms. The molecule has 2 atom stereocenters. The van der Waals surface area contributed by atoms with Crippen LogP contribution in [0.4, 0.5) is 0 Å². The summed E-state index contributed by atoms with van der Waals surface area (Å²) in [6.45, 7) is 4.18. The monoisotopic (exact) mass is 316 g/mol. The van der Waals surface area contributed by atoms with Crippen molar-refractivity contribution >= 4 is 17.3 Å². The van der Waals surface area contributed by atoms with Gasteiger partial charge in [-0.25, -0.2) is 4.79 Å². The molecule has 0 N–H and O–H groups in total. The molecule has 0 aliphatic carbocycles. The van der Waals surface area contributed by atoms with E-state index in [1.807, 2.05) is 43.5 Å². The summed E-state index contributed by atoms with van der Waals surface area (Å²) in [6, 6.07) is 3.98. The van der Waals surface area contributed by atoms with Crippen molar-refractivity contribution < 1.29 is 14.3 Å². The average Bonchev–Trinajstić information content (AvgIpc) is 2.97. The number of allylic oxidation sites excluding steroid dienone is 2. The first-order valence-electron chi connectivity index (χ1n) is 7.32. The van der Waals surface area contributed by atoms with E-state index in [0.717, 1.165) is 23.3 Å². The summed E-state index contributed by atoms with van der Waals surface area (Å²) >= 11 is 1.63. The molecule has 3 nitrogen and oxygen atoms in total. The molecule has 4 heteroatoms. The minimum atomic E-state index is -0.288. The van der Waals surface area contributed by atoms with Crippen LogP contribution in [0.1, 0.15) is 31.6 Å². The Morgan fingerprint density at radius 2 is 2.32 bits per heavy atom. The summed E-state index contributed by atoms with van der Waals surface area (Å²) < 4.78 is 11.0. The molecule has 0 saturated carbocycles. The highest BCUT2D eigenvalue weighted by atomic mass is 32.1. The topological polar surface area (TPSA) is 35.5 Å². The van der Waals surface area contributed by atoms with Crippen LogP contribution in [-0.2, 0) is 14.3 Å². The van der Waals surface area contributed by atoms with Crippen LogP contribution in [0.3, 0.4) is 0 Å². The number of rotatable bonds is 3. The number of esters is 1. The van der Waals surface area contributed by atoms with Gasteiger partial charge in [0, 0.05) is 6.08 Å². The van der Waals surface area contributed by atoms with Gasteiger partial charge in [0.05, 0.1) is 17.6 Å². The summed E-state index contributed by atoms with van der Waals surface area (Å²) in [5, 5.41) is 2.01. The first-order valence-corrected chi connectivity index (χ1v) is 8.20. The van der Waals surface area contributed by atoms with Crippen LogP contribution in [0.5, 0.6) is 0 Å². The zero-order chi connectivity index (χ0) is 15.8. The Morgan fingerprint density at radius 1 is 1.45 bits per heavy atom. The predicted octanol–water partition coefficient (Wildman–Crippen LogP) is 3.71. The SMILES string of the molecule is CC(C)=CC(=O)OC1CCC(C=CC#Cc2cccs2)OC1. The minimum Gasteiger partial charge on any atom is -0.457 e. The fraction of sp³-hybridized carbons (Fsp3) is 0.389. The highest BCUT2D eigenvalue weighted by Gasteiger charge is 2.22. The summed E-state index contributed by atoms with van der Waals surface area (Å²) in [4.78, 5) is 12.6. The van der Waals surface area contributed by atoms with Crippen molar-refractivity contribution in [1.29, 1.82) is 0 Å². The minimum absolute atomic E-state index is 0.0519. The molecule has 1 saturated heterocycles. The maximum absolute atomic E-state index is 11.5. The maximum Gasteiger partial charge on any atom is 0.331 e. The molecule has 116 valence electrons. The molecule has 1 fully saturated rings. The van der Waals surface area contributed by atoms with Gasteiger partial charge in [-0.2, -0.15) is 0 Å². The summed E-state index contributed by atoms with van der Waals surface area (Å²) in [7, 11) is 0. The van der Waals surface area contributed by atoms with E-state index in [4.69, 9.17) is 9.47 Å². The Kier molecular flexibility index (Phi) is 6.45. The lowest BCUT2D eigenvalue weighted by Crippen LogP contribution is -2.31. The first kappa shape index (κ1) is 16.5. The zero-order valence-electron chi connectivity index (χ0n) is 12.9. The van der Waals surface area contributed by atoms with Gasteiger partial charge in [-0.05, 0) is 50.3 Å². The molecular formula is C18H20O3S. The second-order valence-electron chi connectivity index (χ2n) is 5.34. The lowest BCUT2D eigenvalue weighted by Gasteiger charge is -2.26. The van der Waals surface area contributed by atoms with E-state index in [0.29, 0.717) is 6.61 Å². The van der Waals surface area contributed by atoms with Gasteiger partial charge in [-0.15, -0.1) is 11.3 Å². The Labute approximate surface area is 135 Å². The molecule has 0 spiro atoms. The van der Waals surface area contributed by atoms with Crippen LogP contribution in [0, 0.1) is 11.8 Å². The van der Waals surface area contributed by atoms with Gasteiger partial charge < -0.3 is 9.47 Å². The van der Waals surface area contributed by atoms with Crippen molar-refractivity contribution in [2.75, 3.05) is 6.61 Å². The van der Waals surface area contributed by atoms with Crippen LogP contribution in [0.2, 0.25) is 0 Å². The van der Waals surface area contributed by atoms with Crippen LogP contribution < -0.4 is 0 Å². The van der Waals surface area contributed by atoms with Crippen molar-refractivity contribution in [2.45, 2.75) is 38.9 Å². The predicted molar refractivity (Wildman–Crippen MR) is 88.6 cm³/mol.